The number of piperidine rings is 1. The zero-order valence-corrected chi connectivity index (χ0v) is 18.9. The second-order valence-corrected chi connectivity index (χ2v) is 8.38. The predicted molar refractivity (Wildman–Crippen MR) is 130 cm³/mol. The molecule has 0 unspecified atom stereocenters. The predicted octanol–water partition coefficient (Wildman–Crippen LogP) is 5.35. The normalized spacial score (nSPS) is 13.9. The van der Waals surface area contributed by atoms with Crippen molar-refractivity contribution in [1.82, 2.24) is 10.2 Å². The minimum atomic E-state index is -0.186. The Bertz CT molecular complexity index is 1100. The van der Waals surface area contributed by atoms with Crippen LogP contribution in [0.3, 0.4) is 0 Å². The van der Waals surface area contributed by atoms with Gasteiger partial charge in [0.15, 0.2) is 0 Å². The largest absolute Gasteiger partial charge is 0.490 e. The zero-order valence-electron chi connectivity index (χ0n) is 18.2. The van der Waals surface area contributed by atoms with E-state index in [-0.39, 0.29) is 18.0 Å². The maximum absolute atomic E-state index is 12.7. The lowest BCUT2D eigenvalue weighted by Crippen LogP contribution is -2.43. The van der Waals surface area contributed by atoms with Gasteiger partial charge in [0.25, 0.3) is 5.91 Å². The lowest BCUT2D eigenvalue weighted by atomic mass is 10.1. The number of nitrogens with one attached hydrogen (secondary N) is 2. The number of ether oxygens (including phenoxy) is 1. The van der Waals surface area contributed by atoms with Crippen LogP contribution >= 0.6 is 11.6 Å². The number of amides is 3. The Balaban J connectivity index is 1.27. The molecular weight excluding hydrogens is 438 g/mol. The number of hydrogen-bond acceptors (Lipinski definition) is 3. The molecule has 1 aliphatic heterocycles. The topological polar surface area (TPSA) is 70.7 Å². The van der Waals surface area contributed by atoms with Crippen molar-refractivity contribution in [3.63, 3.8) is 0 Å². The molecule has 1 saturated heterocycles. The van der Waals surface area contributed by atoms with Crippen LogP contribution < -0.4 is 15.4 Å². The average Bonchev–Trinajstić information content (AvgIpc) is 2.84. The number of carbonyl (C=O) groups excluding carboxylic acids is 2. The summed E-state index contributed by atoms with van der Waals surface area (Å²) in [7, 11) is 0. The first-order chi connectivity index (χ1) is 16.1. The standard InChI is InChI=1S/C26H26ClN3O3/c27-21-9-5-11-24(17-21)33-23-12-14-30(15-13-23)26(32)29-22-10-4-8-20(16-22)25(31)28-18-19-6-2-1-3-7-19/h1-11,16-17,23H,12-15,18H2,(H,28,31)(H,29,32). The van der Waals surface area contributed by atoms with Crippen molar-refractivity contribution in [2.75, 3.05) is 18.4 Å². The molecule has 6 nitrogen and oxygen atoms in total. The van der Waals surface area contributed by atoms with Crippen LogP contribution in [0.15, 0.2) is 78.9 Å². The monoisotopic (exact) mass is 463 g/mol. The van der Waals surface area contributed by atoms with Gasteiger partial charge < -0.3 is 20.3 Å². The summed E-state index contributed by atoms with van der Waals surface area (Å²) < 4.78 is 5.99. The van der Waals surface area contributed by atoms with Gasteiger partial charge in [-0.15, -0.1) is 0 Å². The zero-order chi connectivity index (χ0) is 23.0. The molecule has 0 spiro atoms. The summed E-state index contributed by atoms with van der Waals surface area (Å²) in [5.41, 5.74) is 2.11. The smallest absolute Gasteiger partial charge is 0.321 e. The number of halogens is 1. The fourth-order valence-electron chi connectivity index (χ4n) is 3.73. The van der Waals surface area contributed by atoms with E-state index in [9.17, 15) is 9.59 Å². The number of carbonyl (C=O) groups is 2. The van der Waals surface area contributed by atoms with E-state index in [4.69, 9.17) is 16.3 Å². The third-order valence-electron chi connectivity index (χ3n) is 5.50. The Morgan fingerprint density at radius 3 is 2.45 bits per heavy atom. The number of hydrogen-bond donors (Lipinski definition) is 2. The molecule has 1 aliphatic rings. The first kappa shape index (κ1) is 22.7. The number of urea groups is 1. The first-order valence-electron chi connectivity index (χ1n) is 11.0. The molecule has 0 aliphatic carbocycles. The molecule has 3 aromatic rings. The molecule has 1 fully saturated rings. The Hall–Kier alpha value is -3.51. The Morgan fingerprint density at radius 1 is 0.939 bits per heavy atom. The summed E-state index contributed by atoms with van der Waals surface area (Å²) in [5.74, 6) is 0.557. The average molecular weight is 464 g/mol. The SMILES string of the molecule is O=C(NCc1ccccc1)c1cccc(NC(=O)N2CCC(Oc3cccc(Cl)c3)CC2)c1. The highest BCUT2D eigenvalue weighted by atomic mass is 35.5. The summed E-state index contributed by atoms with van der Waals surface area (Å²) >= 11 is 6.01. The summed E-state index contributed by atoms with van der Waals surface area (Å²) in [6, 6.07) is 23.8. The van der Waals surface area contributed by atoms with Crippen LogP contribution in [0.1, 0.15) is 28.8 Å². The summed E-state index contributed by atoms with van der Waals surface area (Å²) in [4.78, 5) is 27.0. The Morgan fingerprint density at radius 2 is 1.70 bits per heavy atom. The first-order valence-corrected chi connectivity index (χ1v) is 11.3. The molecule has 3 aromatic carbocycles. The fraction of sp³-hybridized carbons (Fsp3) is 0.231. The maximum Gasteiger partial charge on any atom is 0.321 e. The molecular formula is C26H26ClN3O3. The van der Waals surface area contributed by atoms with Crippen molar-refractivity contribution >= 4 is 29.2 Å². The van der Waals surface area contributed by atoms with Gasteiger partial charge >= 0.3 is 6.03 Å². The summed E-state index contributed by atoms with van der Waals surface area (Å²) in [6.07, 6.45) is 1.52. The minimum Gasteiger partial charge on any atom is -0.490 e. The van der Waals surface area contributed by atoms with Gasteiger partial charge in [-0.1, -0.05) is 54.1 Å². The van der Waals surface area contributed by atoms with Crippen molar-refractivity contribution < 1.29 is 14.3 Å². The van der Waals surface area contributed by atoms with E-state index < -0.39 is 0 Å². The molecule has 0 atom stereocenters. The third-order valence-corrected chi connectivity index (χ3v) is 5.74. The van der Waals surface area contributed by atoms with E-state index in [1.165, 1.54) is 0 Å². The maximum atomic E-state index is 12.7. The molecule has 2 N–H and O–H groups in total. The van der Waals surface area contributed by atoms with Crippen molar-refractivity contribution in [1.29, 1.82) is 0 Å². The van der Waals surface area contributed by atoms with Gasteiger partial charge in [0.1, 0.15) is 11.9 Å². The van der Waals surface area contributed by atoms with E-state index >= 15 is 0 Å². The van der Waals surface area contributed by atoms with Crippen LogP contribution in [0.2, 0.25) is 5.02 Å². The number of nitrogens with zero attached hydrogens (tertiary/aromatic N) is 1. The second kappa shape index (κ2) is 10.9. The van der Waals surface area contributed by atoms with Gasteiger partial charge in [-0.2, -0.15) is 0 Å². The molecule has 4 rings (SSSR count). The minimum absolute atomic E-state index is 0.0455. The lowest BCUT2D eigenvalue weighted by Gasteiger charge is -2.32. The van der Waals surface area contributed by atoms with Crippen LogP contribution in [-0.2, 0) is 6.54 Å². The van der Waals surface area contributed by atoms with E-state index in [2.05, 4.69) is 10.6 Å². The molecule has 0 aromatic heterocycles. The highest BCUT2D eigenvalue weighted by Gasteiger charge is 2.24. The van der Waals surface area contributed by atoms with E-state index in [1.807, 2.05) is 48.5 Å². The van der Waals surface area contributed by atoms with Gasteiger partial charge in [0.2, 0.25) is 0 Å². The molecule has 3 amide bonds. The molecule has 170 valence electrons. The number of benzene rings is 3. The summed E-state index contributed by atoms with van der Waals surface area (Å²) in [5, 5.41) is 6.44. The van der Waals surface area contributed by atoms with E-state index in [1.54, 1.807) is 35.2 Å². The number of rotatable bonds is 6. The molecule has 1 heterocycles. The number of likely N-dealkylation sites (tertiary alicyclic amines) is 1. The quantitative estimate of drug-likeness (QED) is 0.518. The van der Waals surface area contributed by atoms with Gasteiger partial charge in [-0.05, 0) is 42.0 Å². The lowest BCUT2D eigenvalue weighted by molar-refractivity contribution is 0.0950. The third kappa shape index (κ3) is 6.49. The fourth-order valence-corrected chi connectivity index (χ4v) is 3.91. The molecule has 33 heavy (non-hydrogen) atoms. The van der Waals surface area contributed by atoms with Crippen LogP contribution in [0, 0.1) is 0 Å². The van der Waals surface area contributed by atoms with Crippen LogP contribution in [0.5, 0.6) is 5.75 Å². The van der Waals surface area contributed by atoms with Crippen molar-refractivity contribution in [2.24, 2.45) is 0 Å². The molecule has 0 radical (unpaired) electrons. The van der Waals surface area contributed by atoms with Gasteiger partial charge in [-0.3, -0.25) is 4.79 Å². The molecule has 0 bridgehead atoms. The highest BCUT2D eigenvalue weighted by molar-refractivity contribution is 6.30. The Kier molecular flexibility index (Phi) is 7.47. The van der Waals surface area contributed by atoms with Crippen molar-refractivity contribution in [3.05, 3.63) is 95.0 Å². The van der Waals surface area contributed by atoms with Gasteiger partial charge in [0, 0.05) is 48.7 Å². The molecule has 7 heteroatoms. The van der Waals surface area contributed by atoms with Crippen LogP contribution in [0.25, 0.3) is 0 Å². The van der Waals surface area contributed by atoms with E-state index in [0.717, 1.165) is 24.2 Å². The second-order valence-electron chi connectivity index (χ2n) is 7.94. The van der Waals surface area contributed by atoms with Gasteiger partial charge in [-0.25, -0.2) is 4.79 Å². The van der Waals surface area contributed by atoms with Crippen molar-refractivity contribution in [2.45, 2.75) is 25.5 Å². The number of anilines is 1. The summed E-state index contributed by atoms with van der Waals surface area (Å²) in [6.45, 7) is 1.63. The molecule has 0 saturated carbocycles. The highest BCUT2D eigenvalue weighted by Crippen LogP contribution is 2.22. The Labute approximate surface area is 198 Å². The van der Waals surface area contributed by atoms with Crippen LogP contribution in [0.4, 0.5) is 10.5 Å². The van der Waals surface area contributed by atoms with E-state index in [0.29, 0.717) is 35.9 Å². The van der Waals surface area contributed by atoms with Crippen molar-refractivity contribution in [3.8, 4) is 5.75 Å². The van der Waals surface area contributed by atoms with Gasteiger partial charge in [0.05, 0.1) is 0 Å². The van der Waals surface area contributed by atoms with Crippen LogP contribution in [-0.4, -0.2) is 36.0 Å².